The summed E-state index contributed by atoms with van der Waals surface area (Å²) in [4.78, 5) is 21.6. The van der Waals surface area contributed by atoms with Crippen molar-refractivity contribution >= 4 is 44.5 Å². The van der Waals surface area contributed by atoms with Gasteiger partial charge in [-0.05, 0) is 12.1 Å². The molecule has 0 fully saturated rings. The Kier molecular flexibility index (Phi) is 4.70. The molecular weight excluding hydrogens is 466 g/mol. The summed E-state index contributed by atoms with van der Waals surface area (Å²) in [5.74, 6) is -1.14. The summed E-state index contributed by atoms with van der Waals surface area (Å²) in [6.45, 7) is 14.3. The van der Waals surface area contributed by atoms with Crippen LogP contribution in [0.1, 0.15) is 22.5 Å². The first-order chi connectivity index (χ1) is 15.9. The third-order valence-electron chi connectivity index (χ3n) is 4.68. The van der Waals surface area contributed by atoms with Crippen molar-refractivity contribution in [2.24, 2.45) is 0 Å². The molecule has 14 heteroatoms. The van der Waals surface area contributed by atoms with Crippen LogP contribution in [0.15, 0.2) is 12.1 Å². The van der Waals surface area contributed by atoms with Crippen molar-refractivity contribution < 1.29 is 26.3 Å². The molecular formula is C20H2F6N8. The SMILES string of the molecule is [C-]#[N+]c1nc2c3cc(C(F)(F)F)c(C(F)(F)F)cc3c3nc(C#N)c(C#N)nc3c2nc1[N+]#[C-]. The Bertz CT molecular complexity index is 1600. The van der Waals surface area contributed by atoms with Crippen molar-refractivity contribution in [1.29, 1.82) is 10.5 Å². The molecule has 2 aromatic carbocycles. The van der Waals surface area contributed by atoms with E-state index in [1.54, 1.807) is 12.1 Å². The molecule has 0 amide bonds. The highest BCUT2D eigenvalue weighted by Crippen LogP contribution is 2.45. The Morgan fingerprint density at radius 2 is 1.00 bits per heavy atom. The molecule has 8 nitrogen and oxygen atoms in total. The van der Waals surface area contributed by atoms with E-state index in [1.165, 1.54) is 0 Å². The molecule has 4 rings (SSSR count). The quantitative estimate of drug-likeness (QED) is 0.189. The van der Waals surface area contributed by atoms with Gasteiger partial charge in [0.05, 0.1) is 11.1 Å². The standard InChI is InChI=1S/C20H2F6N8/c1-29-17-18(30-2)34-16-14(33-17)8-4-10(20(24,25)26)9(19(21,22)23)3-7(8)13-15(16)32-12(6-28)11(5-27)31-13/h3-4H. The Morgan fingerprint density at radius 3 is 1.38 bits per heavy atom. The molecule has 0 unspecified atom stereocenters. The smallest absolute Gasteiger partial charge is 0.370 e. The Labute approximate surface area is 184 Å². The third kappa shape index (κ3) is 3.22. The number of fused-ring (bicyclic) bond motifs is 6. The van der Waals surface area contributed by atoms with Gasteiger partial charge in [0.25, 0.3) is 11.6 Å². The molecule has 0 aliphatic carbocycles. The van der Waals surface area contributed by atoms with Crippen LogP contribution in [0.2, 0.25) is 0 Å². The Morgan fingerprint density at radius 1 is 0.647 bits per heavy atom. The van der Waals surface area contributed by atoms with Gasteiger partial charge in [0.15, 0.2) is 11.4 Å². The van der Waals surface area contributed by atoms with Gasteiger partial charge < -0.3 is 9.69 Å². The molecule has 0 radical (unpaired) electrons. The second-order valence-corrected chi connectivity index (χ2v) is 6.57. The number of alkyl halides is 6. The fourth-order valence-electron chi connectivity index (χ4n) is 3.33. The molecule has 34 heavy (non-hydrogen) atoms. The highest BCUT2D eigenvalue weighted by atomic mass is 19.4. The predicted molar refractivity (Wildman–Crippen MR) is 102 cm³/mol. The van der Waals surface area contributed by atoms with Crippen molar-refractivity contribution in [1.82, 2.24) is 19.9 Å². The lowest BCUT2D eigenvalue weighted by atomic mass is 9.97. The number of halogens is 6. The fourth-order valence-corrected chi connectivity index (χ4v) is 3.33. The van der Waals surface area contributed by atoms with E-state index in [2.05, 4.69) is 29.6 Å². The summed E-state index contributed by atoms with van der Waals surface area (Å²) in [5.41, 5.74) is -6.81. The molecule has 2 aromatic heterocycles. The molecule has 0 aliphatic rings. The molecule has 0 N–H and O–H groups in total. The summed E-state index contributed by atoms with van der Waals surface area (Å²) in [5, 5.41) is 17.5. The van der Waals surface area contributed by atoms with Crippen molar-refractivity contribution in [2.75, 3.05) is 0 Å². The Hall–Kier alpha value is -5.08. The van der Waals surface area contributed by atoms with E-state index >= 15 is 0 Å². The van der Waals surface area contributed by atoms with Crippen LogP contribution < -0.4 is 0 Å². The molecule has 0 spiro atoms. The summed E-state index contributed by atoms with van der Waals surface area (Å²) in [6, 6.07) is 3.53. The molecule has 0 saturated carbocycles. The van der Waals surface area contributed by atoms with E-state index in [1.807, 2.05) is 0 Å². The zero-order chi connectivity index (χ0) is 25.0. The average molecular weight is 468 g/mol. The van der Waals surface area contributed by atoms with Crippen molar-refractivity contribution in [2.45, 2.75) is 12.4 Å². The maximum absolute atomic E-state index is 13.6. The number of hydrogen-bond donors (Lipinski definition) is 0. The van der Waals surface area contributed by atoms with Crippen LogP contribution in [-0.4, -0.2) is 19.9 Å². The normalized spacial score (nSPS) is 11.7. The van der Waals surface area contributed by atoms with Gasteiger partial charge in [0.1, 0.15) is 23.2 Å². The van der Waals surface area contributed by atoms with Crippen LogP contribution in [0.3, 0.4) is 0 Å². The Balaban J connectivity index is 2.41. The van der Waals surface area contributed by atoms with Crippen LogP contribution in [0.25, 0.3) is 42.5 Å². The van der Waals surface area contributed by atoms with E-state index < -0.39 is 68.3 Å². The summed E-state index contributed by atoms with van der Waals surface area (Å²) in [6.07, 6.45) is -10.8. The van der Waals surface area contributed by atoms with E-state index in [4.69, 9.17) is 13.1 Å². The number of benzene rings is 2. The minimum absolute atomic E-state index is 0.198. The summed E-state index contributed by atoms with van der Waals surface area (Å²) in [7, 11) is 0. The maximum atomic E-state index is 13.6. The van der Waals surface area contributed by atoms with Crippen LogP contribution in [0, 0.1) is 35.8 Å². The maximum Gasteiger partial charge on any atom is 0.417 e. The van der Waals surface area contributed by atoms with Crippen LogP contribution in [0.5, 0.6) is 0 Å². The second kappa shape index (κ2) is 7.22. The number of hydrogen-bond acceptors (Lipinski definition) is 6. The van der Waals surface area contributed by atoms with Gasteiger partial charge in [-0.2, -0.15) is 36.9 Å². The van der Waals surface area contributed by atoms with E-state index in [-0.39, 0.29) is 23.2 Å². The number of nitriles is 2. The van der Waals surface area contributed by atoms with Crippen LogP contribution in [0.4, 0.5) is 38.0 Å². The number of aromatic nitrogens is 4. The molecule has 0 saturated heterocycles. The largest absolute Gasteiger partial charge is 0.417 e. The highest BCUT2D eigenvalue weighted by Gasteiger charge is 2.44. The van der Waals surface area contributed by atoms with E-state index in [9.17, 15) is 36.9 Å². The lowest BCUT2D eigenvalue weighted by Crippen LogP contribution is -2.16. The second-order valence-electron chi connectivity index (χ2n) is 6.57. The average Bonchev–Trinajstić information content (AvgIpc) is 2.80. The first kappa shape index (κ1) is 22.1. The zero-order valence-electron chi connectivity index (χ0n) is 16.0. The van der Waals surface area contributed by atoms with Crippen molar-refractivity contribution in [3.8, 4) is 12.1 Å². The summed E-state index contributed by atoms with van der Waals surface area (Å²) >= 11 is 0. The first-order valence-electron chi connectivity index (χ1n) is 8.67. The first-order valence-corrected chi connectivity index (χ1v) is 8.67. The summed E-state index contributed by atoms with van der Waals surface area (Å²) < 4.78 is 81.4. The van der Waals surface area contributed by atoms with Gasteiger partial charge in [0.2, 0.25) is 11.0 Å². The minimum atomic E-state index is -5.42. The lowest BCUT2D eigenvalue weighted by molar-refractivity contribution is -0.161. The monoisotopic (exact) mass is 468 g/mol. The fraction of sp³-hybridized carbons (Fsp3) is 0.100. The van der Waals surface area contributed by atoms with Gasteiger partial charge in [-0.3, -0.25) is 0 Å². The third-order valence-corrected chi connectivity index (χ3v) is 4.68. The zero-order valence-corrected chi connectivity index (χ0v) is 16.0. The van der Waals surface area contributed by atoms with E-state index in [0.29, 0.717) is 0 Å². The van der Waals surface area contributed by atoms with Crippen LogP contribution >= 0.6 is 0 Å². The number of nitrogens with zero attached hydrogens (tertiary/aromatic N) is 8. The molecule has 2 heterocycles. The molecule has 164 valence electrons. The van der Waals surface area contributed by atoms with Crippen LogP contribution in [-0.2, 0) is 12.4 Å². The van der Waals surface area contributed by atoms with Gasteiger partial charge in [-0.1, -0.05) is 13.1 Å². The molecule has 4 aromatic rings. The topological polar surface area (TPSA) is 108 Å². The lowest BCUT2D eigenvalue weighted by Gasteiger charge is -2.17. The number of rotatable bonds is 0. The van der Waals surface area contributed by atoms with Gasteiger partial charge in [0, 0.05) is 10.8 Å². The van der Waals surface area contributed by atoms with Gasteiger partial charge >= 0.3 is 12.4 Å². The molecule has 0 atom stereocenters. The van der Waals surface area contributed by atoms with Gasteiger partial charge in [-0.15, -0.1) is 9.97 Å². The predicted octanol–water partition coefficient (Wildman–Crippen LogP) is 5.61. The van der Waals surface area contributed by atoms with E-state index in [0.717, 1.165) is 0 Å². The molecule has 0 aliphatic heterocycles. The molecule has 0 bridgehead atoms. The van der Waals surface area contributed by atoms with Gasteiger partial charge in [-0.25, -0.2) is 9.97 Å². The minimum Gasteiger partial charge on any atom is -0.370 e. The highest BCUT2D eigenvalue weighted by molar-refractivity contribution is 6.21. The van der Waals surface area contributed by atoms with Crippen molar-refractivity contribution in [3.63, 3.8) is 0 Å². The van der Waals surface area contributed by atoms with Crippen molar-refractivity contribution in [3.05, 3.63) is 57.5 Å².